The highest BCUT2D eigenvalue weighted by Gasteiger charge is 1.99. The second-order valence-electron chi connectivity index (χ2n) is 3.92. The van der Waals surface area contributed by atoms with Gasteiger partial charge in [0.1, 0.15) is 17.5 Å². The van der Waals surface area contributed by atoms with E-state index in [4.69, 9.17) is 4.74 Å². The van der Waals surface area contributed by atoms with E-state index < -0.39 is 0 Å². The normalized spacial score (nSPS) is 10.3. The molecule has 0 aromatic carbocycles. The summed E-state index contributed by atoms with van der Waals surface area (Å²) < 4.78 is 5.00. The first kappa shape index (κ1) is 13.7. The van der Waals surface area contributed by atoms with Crippen molar-refractivity contribution in [3.05, 3.63) is 11.9 Å². The molecule has 0 saturated heterocycles. The molecule has 17 heavy (non-hydrogen) atoms. The molecule has 0 bridgehead atoms. The van der Waals surface area contributed by atoms with Gasteiger partial charge < -0.3 is 15.4 Å². The number of anilines is 2. The Bertz CT molecular complexity index is 330. The molecule has 0 fully saturated rings. The largest absolute Gasteiger partial charge is 0.385 e. The molecule has 0 aliphatic rings. The number of aromatic nitrogens is 2. The minimum atomic E-state index is 0.777. The molecule has 0 aliphatic heterocycles. The van der Waals surface area contributed by atoms with Gasteiger partial charge in [0.05, 0.1) is 0 Å². The summed E-state index contributed by atoms with van der Waals surface area (Å²) in [6.45, 7) is 3.67. The fourth-order valence-corrected chi connectivity index (χ4v) is 1.55. The number of aryl methyl sites for hydroxylation is 1. The molecule has 0 atom stereocenters. The van der Waals surface area contributed by atoms with Crippen molar-refractivity contribution in [3.63, 3.8) is 0 Å². The summed E-state index contributed by atoms with van der Waals surface area (Å²) in [5.41, 5.74) is 0. The Labute approximate surface area is 103 Å². The Morgan fingerprint density at radius 1 is 1.18 bits per heavy atom. The zero-order valence-electron chi connectivity index (χ0n) is 10.9. The summed E-state index contributed by atoms with van der Waals surface area (Å²) in [6, 6.07) is 1.92. The van der Waals surface area contributed by atoms with Crippen LogP contribution in [-0.4, -0.2) is 37.3 Å². The first-order chi connectivity index (χ1) is 8.26. The van der Waals surface area contributed by atoms with E-state index in [-0.39, 0.29) is 0 Å². The van der Waals surface area contributed by atoms with Gasteiger partial charge in [0.25, 0.3) is 0 Å². The fraction of sp³-hybridized carbons (Fsp3) is 0.667. The van der Waals surface area contributed by atoms with Crippen molar-refractivity contribution < 1.29 is 4.74 Å². The third-order valence-corrected chi connectivity index (χ3v) is 2.43. The molecule has 0 radical (unpaired) electrons. The number of nitrogens with one attached hydrogen (secondary N) is 2. The lowest BCUT2D eigenvalue weighted by atomic mass is 10.2. The number of hydrogen-bond acceptors (Lipinski definition) is 5. The van der Waals surface area contributed by atoms with Crippen LogP contribution in [0.15, 0.2) is 6.07 Å². The minimum Gasteiger partial charge on any atom is -0.385 e. The molecule has 1 aromatic rings. The van der Waals surface area contributed by atoms with Crippen LogP contribution in [0.25, 0.3) is 0 Å². The van der Waals surface area contributed by atoms with E-state index >= 15 is 0 Å². The summed E-state index contributed by atoms with van der Waals surface area (Å²) >= 11 is 0. The topological polar surface area (TPSA) is 59.1 Å². The van der Waals surface area contributed by atoms with Gasteiger partial charge in [-0.2, -0.15) is 0 Å². The summed E-state index contributed by atoms with van der Waals surface area (Å²) in [4.78, 5) is 8.57. The Hall–Kier alpha value is -1.36. The van der Waals surface area contributed by atoms with Gasteiger partial charge in [0.15, 0.2) is 0 Å². The van der Waals surface area contributed by atoms with Crippen molar-refractivity contribution in [1.82, 2.24) is 9.97 Å². The van der Waals surface area contributed by atoms with E-state index in [2.05, 4.69) is 20.6 Å². The maximum absolute atomic E-state index is 5.00. The highest BCUT2D eigenvalue weighted by molar-refractivity contribution is 5.46. The number of methoxy groups -OCH3 is 1. The van der Waals surface area contributed by atoms with Gasteiger partial charge in [-0.25, -0.2) is 9.97 Å². The van der Waals surface area contributed by atoms with Crippen molar-refractivity contribution in [2.45, 2.75) is 26.2 Å². The van der Waals surface area contributed by atoms with E-state index in [1.807, 2.05) is 20.0 Å². The van der Waals surface area contributed by atoms with E-state index in [1.54, 1.807) is 7.11 Å². The lowest BCUT2D eigenvalue weighted by molar-refractivity contribution is 0.192. The zero-order chi connectivity index (χ0) is 12.5. The van der Waals surface area contributed by atoms with Crippen molar-refractivity contribution in [1.29, 1.82) is 0 Å². The summed E-state index contributed by atoms with van der Waals surface area (Å²) in [5, 5.41) is 6.32. The van der Waals surface area contributed by atoms with E-state index in [9.17, 15) is 0 Å². The smallest absolute Gasteiger partial charge is 0.131 e. The molecule has 96 valence electrons. The summed E-state index contributed by atoms with van der Waals surface area (Å²) in [6.07, 6.45) is 3.41. The Morgan fingerprint density at radius 2 is 1.94 bits per heavy atom. The monoisotopic (exact) mass is 238 g/mol. The molecule has 2 N–H and O–H groups in total. The van der Waals surface area contributed by atoms with Crippen LogP contribution in [0.5, 0.6) is 0 Å². The predicted octanol–water partition coefficient (Wildman–Crippen LogP) is 2.06. The molecule has 0 unspecified atom stereocenters. The molecule has 0 saturated carbocycles. The molecule has 1 heterocycles. The van der Waals surface area contributed by atoms with Crippen LogP contribution in [0.4, 0.5) is 11.6 Å². The highest BCUT2D eigenvalue weighted by atomic mass is 16.5. The van der Waals surface area contributed by atoms with E-state index in [1.165, 1.54) is 6.42 Å². The molecule has 1 rings (SSSR count). The predicted molar refractivity (Wildman–Crippen MR) is 70.5 cm³/mol. The Morgan fingerprint density at radius 3 is 2.65 bits per heavy atom. The average molecular weight is 238 g/mol. The highest BCUT2D eigenvalue weighted by Crippen LogP contribution is 2.10. The van der Waals surface area contributed by atoms with Gasteiger partial charge >= 0.3 is 0 Å². The second-order valence-corrected chi connectivity index (χ2v) is 3.92. The van der Waals surface area contributed by atoms with Crippen LogP contribution < -0.4 is 10.6 Å². The van der Waals surface area contributed by atoms with E-state index in [0.29, 0.717) is 0 Å². The zero-order valence-corrected chi connectivity index (χ0v) is 10.9. The van der Waals surface area contributed by atoms with Gasteiger partial charge in [-0.1, -0.05) is 0 Å². The number of hydrogen-bond donors (Lipinski definition) is 2. The lowest BCUT2D eigenvalue weighted by Gasteiger charge is -2.08. The van der Waals surface area contributed by atoms with Gasteiger partial charge in [0, 0.05) is 33.4 Å². The second kappa shape index (κ2) is 7.84. The lowest BCUT2D eigenvalue weighted by Crippen LogP contribution is -2.06. The van der Waals surface area contributed by atoms with Crippen LogP contribution in [-0.2, 0) is 4.74 Å². The molecule has 0 spiro atoms. The van der Waals surface area contributed by atoms with Gasteiger partial charge in [0.2, 0.25) is 0 Å². The number of nitrogens with zero attached hydrogens (tertiary/aromatic N) is 2. The van der Waals surface area contributed by atoms with Crippen LogP contribution in [0.3, 0.4) is 0 Å². The summed E-state index contributed by atoms with van der Waals surface area (Å²) in [7, 11) is 3.59. The Balaban J connectivity index is 2.28. The quantitative estimate of drug-likeness (QED) is 0.679. The molecule has 1 aromatic heterocycles. The molecular weight excluding hydrogens is 216 g/mol. The first-order valence-corrected chi connectivity index (χ1v) is 6.02. The maximum atomic E-state index is 5.00. The molecule has 0 amide bonds. The van der Waals surface area contributed by atoms with Crippen LogP contribution in [0.2, 0.25) is 0 Å². The number of ether oxygens (including phenoxy) is 1. The first-order valence-electron chi connectivity index (χ1n) is 6.02. The Kier molecular flexibility index (Phi) is 6.32. The van der Waals surface area contributed by atoms with E-state index in [0.717, 1.165) is 43.5 Å². The molecule has 0 aliphatic carbocycles. The molecule has 5 heteroatoms. The third kappa shape index (κ3) is 5.49. The van der Waals surface area contributed by atoms with Crippen LogP contribution >= 0.6 is 0 Å². The standard InChI is InChI=1S/C12H22N4O/c1-10-15-11(13-2)9-12(16-10)14-7-5-4-6-8-17-3/h9H,4-8H2,1-3H3,(H2,13,14,15,16). The summed E-state index contributed by atoms with van der Waals surface area (Å²) in [5.74, 6) is 2.51. The minimum absolute atomic E-state index is 0.777. The fourth-order valence-electron chi connectivity index (χ4n) is 1.55. The van der Waals surface area contributed by atoms with Gasteiger partial charge in [-0.05, 0) is 26.2 Å². The van der Waals surface area contributed by atoms with Crippen molar-refractivity contribution in [2.75, 3.05) is 37.9 Å². The van der Waals surface area contributed by atoms with Gasteiger partial charge in [-0.15, -0.1) is 0 Å². The molecule has 5 nitrogen and oxygen atoms in total. The molecular formula is C12H22N4O. The van der Waals surface area contributed by atoms with Crippen molar-refractivity contribution in [3.8, 4) is 0 Å². The number of unbranched alkanes of at least 4 members (excludes halogenated alkanes) is 2. The van der Waals surface area contributed by atoms with Crippen LogP contribution in [0, 0.1) is 6.92 Å². The van der Waals surface area contributed by atoms with Crippen molar-refractivity contribution in [2.24, 2.45) is 0 Å². The number of rotatable bonds is 8. The third-order valence-electron chi connectivity index (χ3n) is 2.43. The van der Waals surface area contributed by atoms with Gasteiger partial charge in [-0.3, -0.25) is 0 Å². The van der Waals surface area contributed by atoms with Crippen LogP contribution in [0.1, 0.15) is 25.1 Å². The van der Waals surface area contributed by atoms with Crippen molar-refractivity contribution >= 4 is 11.6 Å². The maximum Gasteiger partial charge on any atom is 0.131 e. The average Bonchev–Trinajstić information content (AvgIpc) is 2.33. The SMILES string of the molecule is CNc1cc(NCCCCCOC)nc(C)n1.